The van der Waals surface area contributed by atoms with Gasteiger partial charge in [0.25, 0.3) is 0 Å². The summed E-state index contributed by atoms with van der Waals surface area (Å²) in [5.74, 6) is 0.226. The molecule has 0 heterocycles. The molecule has 0 spiro atoms. The molecule has 162 valence electrons. The topological polar surface area (TPSA) is 81.7 Å². The summed E-state index contributed by atoms with van der Waals surface area (Å²) in [5, 5.41) is 2.98. The first-order chi connectivity index (χ1) is 14.2. The normalized spacial score (nSPS) is 15.6. The minimum Gasteiger partial charge on any atom is -0.493 e. The first-order valence-electron chi connectivity index (χ1n) is 9.71. The zero-order valence-corrected chi connectivity index (χ0v) is 19.1. The molecule has 0 bridgehead atoms. The van der Waals surface area contributed by atoms with Gasteiger partial charge in [-0.05, 0) is 43.9 Å². The predicted molar refractivity (Wildman–Crippen MR) is 117 cm³/mol. The van der Waals surface area contributed by atoms with E-state index in [1.165, 1.54) is 26.4 Å². The van der Waals surface area contributed by atoms with E-state index in [0.29, 0.717) is 29.9 Å². The van der Waals surface area contributed by atoms with E-state index >= 15 is 0 Å². The van der Waals surface area contributed by atoms with Crippen molar-refractivity contribution >= 4 is 33.0 Å². The summed E-state index contributed by atoms with van der Waals surface area (Å²) in [6.07, 6.45) is 1.85. The van der Waals surface area contributed by atoms with Gasteiger partial charge in [-0.3, -0.25) is 4.79 Å². The number of nitrogens with one attached hydrogen (secondary N) is 1. The molecule has 0 aliphatic heterocycles. The summed E-state index contributed by atoms with van der Waals surface area (Å²) in [6, 6.07) is 8.33. The molecule has 0 radical (unpaired) electrons. The van der Waals surface area contributed by atoms with Crippen LogP contribution >= 0.6 is 11.6 Å². The Bertz CT molecular complexity index is 1080. The molecule has 1 fully saturated rings. The molecule has 0 saturated heterocycles. The Kier molecular flexibility index (Phi) is 6.34. The standard InChI is InChI=1S/C22H26ClNO5S/c1-14-7-8-15(2)20(11-14)30(26,27)22(9-5-6-10-22)21(25)24-17-13-19(29-4)18(28-3)12-16(17)23/h7-8,11-13H,5-6,9-10H2,1-4H3,(H,24,25). The number of benzene rings is 2. The summed E-state index contributed by atoms with van der Waals surface area (Å²) in [5.41, 5.74) is 1.74. The lowest BCUT2D eigenvalue weighted by Crippen LogP contribution is -2.47. The Morgan fingerprint density at radius 1 is 1.03 bits per heavy atom. The van der Waals surface area contributed by atoms with Gasteiger partial charge in [-0.1, -0.05) is 36.6 Å². The smallest absolute Gasteiger partial charge is 0.246 e. The molecule has 0 atom stereocenters. The first-order valence-corrected chi connectivity index (χ1v) is 11.6. The highest BCUT2D eigenvalue weighted by Crippen LogP contribution is 2.43. The first kappa shape index (κ1) is 22.4. The molecule has 1 amide bonds. The average Bonchev–Trinajstić information content (AvgIpc) is 3.22. The molecule has 0 unspecified atom stereocenters. The Morgan fingerprint density at radius 3 is 2.23 bits per heavy atom. The van der Waals surface area contributed by atoms with E-state index in [1.807, 2.05) is 13.0 Å². The van der Waals surface area contributed by atoms with E-state index in [2.05, 4.69) is 5.32 Å². The average molecular weight is 452 g/mol. The summed E-state index contributed by atoms with van der Waals surface area (Å²) in [7, 11) is -0.969. The van der Waals surface area contributed by atoms with Gasteiger partial charge >= 0.3 is 0 Å². The van der Waals surface area contributed by atoms with Gasteiger partial charge in [0.15, 0.2) is 26.1 Å². The van der Waals surface area contributed by atoms with Crippen molar-refractivity contribution in [3.8, 4) is 11.5 Å². The van der Waals surface area contributed by atoms with Gasteiger partial charge in [0.2, 0.25) is 5.91 Å². The highest BCUT2D eigenvalue weighted by molar-refractivity contribution is 7.93. The Labute approximate surface area is 182 Å². The van der Waals surface area contributed by atoms with Crippen molar-refractivity contribution in [3.05, 3.63) is 46.5 Å². The van der Waals surface area contributed by atoms with Crippen LogP contribution in [0.2, 0.25) is 5.02 Å². The monoisotopic (exact) mass is 451 g/mol. The Morgan fingerprint density at radius 2 is 1.63 bits per heavy atom. The number of rotatable bonds is 6. The molecule has 3 rings (SSSR count). The fourth-order valence-electron chi connectivity index (χ4n) is 3.96. The molecular weight excluding hydrogens is 426 g/mol. The quantitative estimate of drug-likeness (QED) is 0.688. The van der Waals surface area contributed by atoms with Crippen LogP contribution in [0.1, 0.15) is 36.8 Å². The zero-order chi connectivity index (χ0) is 22.1. The summed E-state index contributed by atoms with van der Waals surface area (Å²) in [4.78, 5) is 13.6. The van der Waals surface area contributed by atoms with Crippen molar-refractivity contribution in [1.29, 1.82) is 0 Å². The second-order valence-corrected chi connectivity index (χ2v) is 10.3. The number of amides is 1. The number of sulfone groups is 1. The second-order valence-electron chi connectivity index (χ2n) is 7.61. The summed E-state index contributed by atoms with van der Waals surface area (Å²) in [6.45, 7) is 3.58. The van der Waals surface area contributed by atoms with Crippen LogP contribution in [-0.2, 0) is 14.6 Å². The third kappa shape index (κ3) is 3.76. The maximum atomic E-state index is 13.7. The second kappa shape index (κ2) is 8.47. The molecule has 6 nitrogen and oxygen atoms in total. The Balaban J connectivity index is 2.05. The fourth-order valence-corrected chi connectivity index (χ4v) is 6.53. The van der Waals surface area contributed by atoms with Gasteiger partial charge in [0.05, 0.1) is 29.8 Å². The molecule has 1 aliphatic carbocycles. The molecule has 1 saturated carbocycles. The van der Waals surface area contributed by atoms with E-state index < -0.39 is 20.5 Å². The van der Waals surface area contributed by atoms with E-state index in [9.17, 15) is 13.2 Å². The maximum Gasteiger partial charge on any atom is 0.246 e. The third-order valence-corrected chi connectivity index (χ3v) is 8.65. The highest BCUT2D eigenvalue weighted by atomic mass is 35.5. The fraction of sp³-hybridized carbons (Fsp3) is 0.409. The number of halogens is 1. The number of methoxy groups -OCH3 is 2. The van der Waals surface area contributed by atoms with Gasteiger partial charge in [-0.15, -0.1) is 0 Å². The third-order valence-electron chi connectivity index (χ3n) is 5.69. The zero-order valence-electron chi connectivity index (χ0n) is 17.5. The van der Waals surface area contributed by atoms with Crippen molar-refractivity contribution in [2.24, 2.45) is 0 Å². The van der Waals surface area contributed by atoms with Crippen LogP contribution in [0, 0.1) is 13.8 Å². The molecular formula is C22H26ClNO5S. The van der Waals surface area contributed by atoms with Crippen LogP contribution in [0.3, 0.4) is 0 Å². The van der Waals surface area contributed by atoms with Gasteiger partial charge in [-0.2, -0.15) is 0 Å². The number of aryl methyl sites for hydroxylation is 2. The van der Waals surface area contributed by atoms with E-state index in [0.717, 1.165) is 5.56 Å². The molecule has 2 aromatic rings. The molecule has 1 aliphatic rings. The van der Waals surface area contributed by atoms with Gasteiger partial charge < -0.3 is 14.8 Å². The van der Waals surface area contributed by atoms with Gasteiger partial charge in [-0.25, -0.2) is 8.42 Å². The van der Waals surface area contributed by atoms with Crippen LogP contribution in [-0.4, -0.2) is 33.3 Å². The Hall–Kier alpha value is -2.25. The molecule has 0 aromatic heterocycles. The largest absolute Gasteiger partial charge is 0.493 e. The van der Waals surface area contributed by atoms with Crippen molar-refractivity contribution in [3.63, 3.8) is 0 Å². The van der Waals surface area contributed by atoms with Crippen LogP contribution in [0.5, 0.6) is 11.5 Å². The van der Waals surface area contributed by atoms with E-state index in [1.54, 1.807) is 19.1 Å². The molecule has 2 aromatic carbocycles. The number of carbonyl (C=O) groups excluding carboxylic acids is 1. The van der Waals surface area contributed by atoms with Gasteiger partial charge in [0, 0.05) is 12.1 Å². The summed E-state index contributed by atoms with van der Waals surface area (Å²) < 4.78 is 36.4. The lowest BCUT2D eigenvalue weighted by Gasteiger charge is -2.29. The van der Waals surface area contributed by atoms with Gasteiger partial charge in [0.1, 0.15) is 0 Å². The number of carbonyl (C=O) groups is 1. The minimum absolute atomic E-state index is 0.206. The lowest BCUT2D eigenvalue weighted by molar-refractivity contribution is -0.118. The SMILES string of the molecule is COc1cc(Cl)c(NC(=O)C2(S(=O)(=O)c3cc(C)ccc3C)CCCC2)cc1OC. The van der Waals surface area contributed by atoms with Crippen LogP contribution in [0.15, 0.2) is 35.2 Å². The highest BCUT2D eigenvalue weighted by Gasteiger charge is 2.53. The maximum absolute atomic E-state index is 13.7. The van der Waals surface area contributed by atoms with Crippen molar-refractivity contribution in [2.75, 3.05) is 19.5 Å². The number of hydrogen-bond acceptors (Lipinski definition) is 5. The summed E-state index contributed by atoms with van der Waals surface area (Å²) >= 11 is 6.31. The van der Waals surface area contributed by atoms with E-state index in [-0.39, 0.29) is 28.4 Å². The van der Waals surface area contributed by atoms with Crippen LogP contribution < -0.4 is 14.8 Å². The number of hydrogen-bond donors (Lipinski definition) is 1. The minimum atomic E-state index is -3.93. The van der Waals surface area contributed by atoms with Crippen molar-refractivity contribution in [2.45, 2.75) is 49.2 Å². The van der Waals surface area contributed by atoms with E-state index in [4.69, 9.17) is 21.1 Å². The van der Waals surface area contributed by atoms with Crippen LogP contribution in [0.25, 0.3) is 0 Å². The van der Waals surface area contributed by atoms with Crippen molar-refractivity contribution < 1.29 is 22.7 Å². The lowest BCUT2D eigenvalue weighted by atomic mass is 10.1. The number of anilines is 1. The molecule has 1 N–H and O–H groups in total. The van der Waals surface area contributed by atoms with Crippen LogP contribution in [0.4, 0.5) is 5.69 Å². The molecule has 8 heteroatoms. The predicted octanol–water partition coefficient (Wildman–Crippen LogP) is 4.70. The number of ether oxygens (including phenoxy) is 2. The van der Waals surface area contributed by atoms with Crippen molar-refractivity contribution in [1.82, 2.24) is 0 Å². The molecule has 30 heavy (non-hydrogen) atoms.